The molecule has 1 saturated heterocycles. The van der Waals surface area contributed by atoms with Crippen LogP contribution in [0, 0.1) is 0 Å². The van der Waals surface area contributed by atoms with Crippen LogP contribution >= 0.6 is 23.4 Å². The van der Waals surface area contributed by atoms with Crippen molar-refractivity contribution < 1.29 is 14.6 Å². The average Bonchev–Trinajstić information content (AvgIpc) is 2.93. The summed E-state index contributed by atoms with van der Waals surface area (Å²) >= 11 is 7.25. The molecular weight excluding hydrogens is 372 g/mol. The van der Waals surface area contributed by atoms with Crippen LogP contribution in [0.25, 0.3) is 6.08 Å². The van der Waals surface area contributed by atoms with E-state index in [-0.39, 0.29) is 11.7 Å². The monoisotopic (exact) mass is 388 g/mol. The zero-order chi connectivity index (χ0) is 18.7. The normalized spacial score (nSPS) is 17.3. The van der Waals surface area contributed by atoms with E-state index in [1.165, 1.54) is 17.8 Å². The Morgan fingerprint density at radius 3 is 2.65 bits per heavy atom. The molecule has 0 radical (unpaired) electrons. The number of amides is 1. The van der Waals surface area contributed by atoms with E-state index in [0.717, 1.165) is 11.4 Å². The molecule has 1 amide bonds. The highest BCUT2D eigenvalue weighted by Crippen LogP contribution is 2.36. The summed E-state index contributed by atoms with van der Waals surface area (Å²) in [6, 6.07) is 12.0. The van der Waals surface area contributed by atoms with Crippen molar-refractivity contribution in [1.29, 1.82) is 0 Å². The molecule has 1 aliphatic heterocycles. The fourth-order valence-electron chi connectivity index (χ4n) is 2.42. The molecule has 134 valence electrons. The van der Waals surface area contributed by atoms with Gasteiger partial charge in [-0.25, -0.2) is 4.99 Å². The first kappa shape index (κ1) is 18.4. The largest absolute Gasteiger partial charge is 0.507 e. The Bertz CT molecular complexity index is 894. The average molecular weight is 389 g/mol. The summed E-state index contributed by atoms with van der Waals surface area (Å²) < 4.78 is 5.14. The van der Waals surface area contributed by atoms with Crippen LogP contribution in [0.3, 0.4) is 0 Å². The molecule has 0 aliphatic carbocycles. The number of thioether (sulfide) groups is 1. The lowest BCUT2D eigenvalue weighted by Crippen LogP contribution is -2.28. The van der Waals surface area contributed by atoms with E-state index in [2.05, 4.69) is 4.99 Å². The number of amidine groups is 1. The SMILES string of the molecule is CCN1C(=O)/C(=C/c2cc(Cl)ccc2O)SC1=Nc1ccc(OC)cc1. The van der Waals surface area contributed by atoms with Gasteiger partial charge in [0, 0.05) is 17.1 Å². The van der Waals surface area contributed by atoms with Gasteiger partial charge in [-0.15, -0.1) is 0 Å². The van der Waals surface area contributed by atoms with Gasteiger partial charge in [-0.2, -0.15) is 0 Å². The second-order valence-electron chi connectivity index (χ2n) is 5.46. The number of ether oxygens (including phenoxy) is 1. The van der Waals surface area contributed by atoms with E-state index in [0.29, 0.717) is 27.2 Å². The van der Waals surface area contributed by atoms with E-state index in [9.17, 15) is 9.90 Å². The predicted molar refractivity (Wildman–Crippen MR) is 106 cm³/mol. The van der Waals surface area contributed by atoms with E-state index in [4.69, 9.17) is 16.3 Å². The molecule has 2 aromatic rings. The lowest BCUT2D eigenvalue weighted by Gasteiger charge is -2.12. The summed E-state index contributed by atoms with van der Waals surface area (Å²) in [7, 11) is 1.60. The number of phenols is 1. The van der Waals surface area contributed by atoms with Gasteiger partial charge in [0.05, 0.1) is 17.7 Å². The third kappa shape index (κ3) is 3.86. The number of aromatic hydroxyl groups is 1. The van der Waals surface area contributed by atoms with Gasteiger partial charge in [-0.1, -0.05) is 11.6 Å². The molecular formula is C19H17ClN2O3S. The van der Waals surface area contributed by atoms with E-state index in [1.807, 2.05) is 31.2 Å². The number of benzene rings is 2. The lowest BCUT2D eigenvalue weighted by molar-refractivity contribution is -0.122. The number of nitrogens with zero attached hydrogens (tertiary/aromatic N) is 2. The number of rotatable bonds is 4. The Balaban J connectivity index is 1.93. The molecule has 1 N–H and O–H groups in total. The molecule has 1 aliphatic rings. The minimum Gasteiger partial charge on any atom is -0.507 e. The summed E-state index contributed by atoms with van der Waals surface area (Å²) in [6.07, 6.45) is 1.63. The zero-order valence-corrected chi connectivity index (χ0v) is 15.8. The third-order valence-corrected chi connectivity index (χ3v) is 5.02. The summed E-state index contributed by atoms with van der Waals surface area (Å²) in [5.41, 5.74) is 1.22. The molecule has 2 aromatic carbocycles. The summed E-state index contributed by atoms with van der Waals surface area (Å²) in [4.78, 5) is 19.3. The predicted octanol–water partition coefficient (Wildman–Crippen LogP) is 4.68. The van der Waals surface area contributed by atoms with Crippen LogP contribution in [0.5, 0.6) is 11.5 Å². The van der Waals surface area contributed by atoms with E-state index in [1.54, 1.807) is 30.2 Å². The van der Waals surface area contributed by atoms with Crippen molar-refractivity contribution in [2.75, 3.05) is 13.7 Å². The molecule has 0 unspecified atom stereocenters. The van der Waals surface area contributed by atoms with Crippen molar-refractivity contribution in [2.24, 2.45) is 4.99 Å². The Hall–Kier alpha value is -2.44. The minimum absolute atomic E-state index is 0.0684. The van der Waals surface area contributed by atoms with Gasteiger partial charge in [-0.05, 0) is 67.2 Å². The van der Waals surface area contributed by atoms with Crippen molar-refractivity contribution in [3.05, 3.63) is 58.0 Å². The number of aliphatic imine (C=N–C) groups is 1. The lowest BCUT2D eigenvalue weighted by atomic mass is 10.2. The number of hydrogen-bond donors (Lipinski definition) is 1. The second kappa shape index (κ2) is 7.85. The van der Waals surface area contributed by atoms with Gasteiger partial charge in [-0.3, -0.25) is 9.69 Å². The molecule has 3 rings (SSSR count). The van der Waals surface area contributed by atoms with Crippen molar-refractivity contribution in [2.45, 2.75) is 6.92 Å². The smallest absolute Gasteiger partial charge is 0.266 e. The Morgan fingerprint density at radius 2 is 2.00 bits per heavy atom. The van der Waals surface area contributed by atoms with Crippen LogP contribution in [-0.2, 0) is 4.79 Å². The number of carbonyl (C=O) groups is 1. The number of halogens is 1. The van der Waals surface area contributed by atoms with Gasteiger partial charge in [0.2, 0.25) is 0 Å². The molecule has 26 heavy (non-hydrogen) atoms. The molecule has 5 nitrogen and oxygen atoms in total. The maximum Gasteiger partial charge on any atom is 0.266 e. The molecule has 0 bridgehead atoms. The Kier molecular flexibility index (Phi) is 5.54. The molecule has 1 heterocycles. The van der Waals surface area contributed by atoms with Crippen molar-refractivity contribution in [3.8, 4) is 11.5 Å². The van der Waals surface area contributed by atoms with E-state index >= 15 is 0 Å². The molecule has 0 atom stereocenters. The highest BCUT2D eigenvalue weighted by Gasteiger charge is 2.32. The summed E-state index contributed by atoms with van der Waals surface area (Å²) in [6.45, 7) is 2.39. The topological polar surface area (TPSA) is 62.1 Å². The van der Waals surface area contributed by atoms with Gasteiger partial charge < -0.3 is 9.84 Å². The van der Waals surface area contributed by atoms with Gasteiger partial charge in [0.25, 0.3) is 5.91 Å². The highest BCUT2D eigenvalue weighted by atomic mass is 35.5. The Morgan fingerprint density at radius 1 is 1.27 bits per heavy atom. The number of phenolic OH excluding ortho intramolecular Hbond substituents is 1. The Labute approximate surface area is 160 Å². The minimum atomic E-state index is -0.149. The first-order valence-corrected chi connectivity index (χ1v) is 9.14. The molecule has 0 spiro atoms. The van der Waals surface area contributed by atoms with Crippen molar-refractivity contribution >= 4 is 46.2 Å². The highest BCUT2D eigenvalue weighted by molar-refractivity contribution is 8.18. The van der Waals surface area contributed by atoms with Crippen LogP contribution in [0.2, 0.25) is 5.02 Å². The third-order valence-electron chi connectivity index (χ3n) is 3.78. The standard InChI is InChI=1S/C19H17ClN2O3S/c1-3-22-18(24)17(11-12-10-13(20)4-9-16(12)23)26-19(22)21-14-5-7-15(25-2)8-6-14/h4-11,23H,3H2,1-2H3/b17-11-,21-19?. The maximum atomic E-state index is 12.7. The van der Waals surface area contributed by atoms with Crippen LogP contribution in [0.4, 0.5) is 5.69 Å². The van der Waals surface area contributed by atoms with Crippen LogP contribution in [0.1, 0.15) is 12.5 Å². The summed E-state index contributed by atoms with van der Waals surface area (Å²) in [5, 5.41) is 11.1. The van der Waals surface area contributed by atoms with Crippen molar-refractivity contribution in [3.63, 3.8) is 0 Å². The van der Waals surface area contributed by atoms with Crippen LogP contribution in [0.15, 0.2) is 52.4 Å². The number of carbonyl (C=O) groups excluding carboxylic acids is 1. The molecule has 1 fully saturated rings. The molecule has 0 saturated carbocycles. The van der Waals surface area contributed by atoms with E-state index < -0.39 is 0 Å². The van der Waals surface area contributed by atoms with Crippen LogP contribution in [-0.4, -0.2) is 34.7 Å². The first-order valence-electron chi connectivity index (χ1n) is 7.94. The number of likely N-dealkylation sites (N-methyl/N-ethyl adjacent to an activating group) is 1. The molecule has 0 aromatic heterocycles. The fourth-order valence-corrected chi connectivity index (χ4v) is 3.65. The second-order valence-corrected chi connectivity index (χ2v) is 6.90. The molecule has 7 heteroatoms. The van der Waals surface area contributed by atoms with Crippen LogP contribution < -0.4 is 4.74 Å². The fraction of sp³-hybridized carbons (Fsp3) is 0.158. The van der Waals surface area contributed by atoms with Gasteiger partial charge in [0.15, 0.2) is 5.17 Å². The van der Waals surface area contributed by atoms with Crippen molar-refractivity contribution in [1.82, 2.24) is 4.90 Å². The van der Waals surface area contributed by atoms with Gasteiger partial charge >= 0.3 is 0 Å². The quantitative estimate of drug-likeness (QED) is 0.772. The first-order chi connectivity index (χ1) is 12.5. The number of methoxy groups -OCH3 is 1. The summed E-state index contributed by atoms with van der Waals surface area (Å²) in [5.74, 6) is 0.663. The van der Waals surface area contributed by atoms with Gasteiger partial charge in [0.1, 0.15) is 11.5 Å². The zero-order valence-electron chi connectivity index (χ0n) is 14.3. The maximum absolute atomic E-state index is 12.7. The number of hydrogen-bond acceptors (Lipinski definition) is 5.